The minimum absolute atomic E-state index is 0.0518. The third-order valence-corrected chi connectivity index (χ3v) is 3.51. The second kappa shape index (κ2) is 6.31. The standard InChI is InChI=1S/C14H9ClF5N5O/c1-7(14(18,19)20)26-11-3-2-8(4-22-11)9-6-25-10(5-21-9)23-24-12(25)13(15,16)17/h2-7H,1H3/t7-/m1/s1. The number of aromatic nitrogens is 5. The van der Waals surface area contributed by atoms with Gasteiger partial charge >= 0.3 is 11.6 Å². The molecule has 0 aliphatic heterocycles. The molecule has 0 aliphatic carbocycles. The molecule has 0 unspecified atom stereocenters. The zero-order valence-corrected chi connectivity index (χ0v) is 13.6. The van der Waals surface area contributed by atoms with Crippen molar-refractivity contribution in [3.63, 3.8) is 0 Å². The Morgan fingerprint density at radius 3 is 2.38 bits per heavy atom. The van der Waals surface area contributed by atoms with E-state index < -0.39 is 23.5 Å². The highest BCUT2D eigenvalue weighted by molar-refractivity contribution is 6.21. The van der Waals surface area contributed by atoms with Crippen molar-refractivity contribution in [3.05, 3.63) is 36.5 Å². The molecular weight excluding hydrogens is 385 g/mol. The first kappa shape index (κ1) is 18.2. The van der Waals surface area contributed by atoms with Gasteiger partial charge in [-0.25, -0.2) is 4.98 Å². The van der Waals surface area contributed by atoms with E-state index in [1.165, 1.54) is 30.7 Å². The molecule has 3 aromatic heterocycles. The van der Waals surface area contributed by atoms with E-state index in [1.807, 2.05) is 0 Å². The number of nitrogens with zero attached hydrogens (tertiary/aromatic N) is 5. The fourth-order valence-corrected chi connectivity index (χ4v) is 2.12. The lowest BCUT2D eigenvalue weighted by atomic mass is 10.2. The van der Waals surface area contributed by atoms with E-state index >= 15 is 0 Å². The molecule has 0 bridgehead atoms. The Bertz CT molecular complexity index is 922. The molecule has 0 spiro atoms. The van der Waals surface area contributed by atoms with Gasteiger partial charge in [0.1, 0.15) is 0 Å². The summed E-state index contributed by atoms with van der Waals surface area (Å²) < 4.78 is 69.7. The highest BCUT2D eigenvalue weighted by Crippen LogP contribution is 2.31. The fourth-order valence-electron chi connectivity index (χ4n) is 1.99. The highest BCUT2D eigenvalue weighted by Gasteiger charge is 2.38. The molecule has 12 heteroatoms. The van der Waals surface area contributed by atoms with Crippen molar-refractivity contribution < 1.29 is 26.7 Å². The van der Waals surface area contributed by atoms with Crippen LogP contribution in [0.15, 0.2) is 30.7 Å². The van der Waals surface area contributed by atoms with E-state index in [0.29, 0.717) is 5.56 Å². The van der Waals surface area contributed by atoms with E-state index in [2.05, 4.69) is 20.2 Å². The lowest BCUT2D eigenvalue weighted by Crippen LogP contribution is -2.31. The third kappa shape index (κ3) is 3.66. The number of hydrogen-bond donors (Lipinski definition) is 0. The van der Waals surface area contributed by atoms with Crippen molar-refractivity contribution in [3.8, 4) is 17.1 Å². The number of alkyl halides is 6. The largest absolute Gasteiger partial charge is 0.465 e. The molecule has 0 radical (unpaired) electrons. The van der Waals surface area contributed by atoms with Crippen LogP contribution in [0, 0.1) is 0 Å². The molecule has 0 saturated carbocycles. The number of pyridine rings is 1. The minimum atomic E-state index is -4.52. The Morgan fingerprint density at radius 2 is 1.81 bits per heavy atom. The first-order valence-corrected chi connectivity index (χ1v) is 7.41. The van der Waals surface area contributed by atoms with Crippen LogP contribution in [0.3, 0.4) is 0 Å². The average Bonchev–Trinajstić information content (AvgIpc) is 2.98. The molecule has 0 N–H and O–H groups in total. The first-order chi connectivity index (χ1) is 12.1. The molecule has 0 fully saturated rings. The number of halogens is 6. The predicted octanol–water partition coefficient (Wildman–Crippen LogP) is 3.80. The molecule has 0 amide bonds. The van der Waals surface area contributed by atoms with Crippen LogP contribution in [0.2, 0.25) is 0 Å². The van der Waals surface area contributed by atoms with Crippen LogP contribution in [0.5, 0.6) is 5.88 Å². The van der Waals surface area contributed by atoms with Gasteiger partial charge in [0.25, 0.3) is 0 Å². The highest BCUT2D eigenvalue weighted by atomic mass is 35.5. The summed E-state index contributed by atoms with van der Waals surface area (Å²) >= 11 is 4.99. The molecule has 26 heavy (non-hydrogen) atoms. The summed E-state index contributed by atoms with van der Waals surface area (Å²) in [7, 11) is 0. The molecule has 3 aromatic rings. The van der Waals surface area contributed by atoms with Crippen molar-refractivity contribution in [1.29, 1.82) is 0 Å². The normalized spacial score (nSPS) is 13.8. The second-order valence-corrected chi connectivity index (χ2v) is 5.68. The Balaban J connectivity index is 1.90. The molecule has 3 heterocycles. The number of rotatable bonds is 4. The number of ether oxygens (including phenoxy) is 1. The predicted molar refractivity (Wildman–Crippen MR) is 79.9 cm³/mol. The average molecular weight is 394 g/mol. The minimum Gasteiger partial charge on any atom is -0.465 e. The van der Waals surface area contributed by atoms with Crippen LogP contribution in [0.25, 0.3) is 16.9 Å². The van der Waals surface area contributed by atoms with Crippen molar-refractivity contribution in [1.82, 2.24) is 24.6 Å². The fraction of sp³-hybridized carbons (Fsp3) is 0.286. The first-order valence-electron chi connectivity index (χ1n) is 7.03. The lowest BCUT2D eigenvalue weighted by Gasteiger charge is -2.16. The Hall–Kier alpha value is -2.56. The summed E-state index contributed by atoms with van der Waals surface area (Å²) in [6, 6.07) is 2.61. The summed E-state index contributed by atoms with van der Waals surface area (Å²) in [4.78, 5) is 7.80. The van der Waals surface area contributed by atoms with E-state index in [4.69, 9.17) is 16.3 Å². The maximum atomic E-state index is 13.3. The quantitative estimate of drug-likeness (QED) is 0.498. The van der Waals surface area contributed by atoms with Crippen molar-refractivity contribution in [2.24, 2.45) is 0 Å². The van der Waals surface area contributed by atoms with Gasteiger partial charge < -0.3 is 4.74 Å². The van der Waals surface area contributed by atoms with Gasteiger partial charge in [0.05, 0.1) is 11.9 Å². The number of hydrogen-bond acceptors (Lipinski definition) is 5. The molecule has 6 nitrogen and oxygen atoms in total. The van der Waals surface area contributed by atoms with Crippen LogP contribution >= 0.6 is 11.6 Å². The molecule has 0 saturated heterocycles. The molecule has 1 atom stereocenters. The van der Waals surface area contributed by atoms with Gasteiger partial charge in [-0.1, -0.05) is 0 Å². The summed E-state index contributed by atoms with van der Waals surface area (Å²) in [5, 5.41) is 3.12. The van der Waals surface area contributed by atoms with Gasteiger partial charge in [0, 0.05) is 24.0 Å². The Morgan fingerprint density at radius 1 is 1.08 bits per heavy atom. The van der Waals surface area contributed by atoms with E-state index in [0.717, 1.165) is 11.3 Å². The smallest absolute Gasteiger partial charge is 0.425 e. The Kier molecular flexibility index (Phi) is 4.42. The van der Waals surface area contributed by atoms with Gasteiger partial charge in [0.15, 0.2) is 11.8 Å². The molecule has 138 valence electrons. The van der Waals surface area contributed by atoms with E-state index in [9.17, 15) is 22.0 Å². The number of fused-ring (bicyclic) bond motifs is 1. The summed E-state index contributed by atoms with van der Waals surface area (Å²) in [5.41, 5.74) is 0.620. The summed E-state index contributed by atoms with van der Waals surface area (Å²) in [6.45, 7) is 0.852. The van der Waals surface area contributed by atoms with Gasteiger partial charge in [0.2, 0.25) is 11.7 Å². The lowest BCUT2D eigenvalue weighted by molar-refractivity contribution is -0.189. The van der Waals surface area contributed by atoms with Crippen molar-refractivity contribution in [2.45, 2.75) is 24.6 Å². The molecule has 0 aliphatic rings. The molecular formula is C14H9ClF5N5O. The molecule has 0 aromatic carbocycles. The monoisotopic (exact) mass is 393 g/mol. The zero-order valence-electron chi connectivity index (χ0n) is 12.9. The maximum Gasteiger partial charge on any atom is 0.425 e. The maximum absolute atomic E-state index is 13.3. The van der Waals surface area contributed by atoms with Gasteiger partial charge in [-0.05, 0) is 24.6 Å². The van der Waals surface area contributed by atoms with Gasteiger partial charge in [-0.2, -0.15) is 22.0 Å². The van der Waals surface area contributed by atoms with Gasteiger partial charge in [-0.3, -0.25) is 9.38 Å². The van der Waals surface area contributed by atoms with E-state index in [1.54, 1.807) is 0 Å². The second-order valence-electron chi connectivity index (χ2n) is 5.21. The SMILES string of the molecule is C[C@@H](Oc1ccc(-c2cn3c(C(F)(F)Cl)nnc3cn2)cn1)C(F)(F)F. The topological polar surface area (TPSA) is 65.2 Å². The van der Waals surface area contributed by atoms with Crippen LogP contribution < -0.4 is 4.74 Å². The Labute approximate surface area is 147 Å². The van der Waals surface area contributed by atoms with Crippen molar-refractivity contribution in [2.75, 3.05) is 0 Å². The zero-order chi connectivity index (χ0) is 19.1. The van der Waals surface area contributed by atoms with Crippen LogP contribution in [0.4, 0.5) is 22.0 Å². The van der Waals surface area contributed by atoms with Crippen LogP contribution in [0.1, 0.15) is 12.7 Å². The van der Waals surface area contributed by atoms with Crippen LogP contribution in [-0.2, 0) is 5.38 Å². The van der Waals surface area contributed by atoms with Gasteiger partial charge in [-0.15, -0.1) is 10.2 Å². The van der Waals surface area contributed by atoms with Crippen LogP contribution in [-0.4, -0.2) is 36.8 Å². The molecule has 3 rings (SSSR count). The summed E-state index contributed by atoms with van der Waals surface area (Å²) in [6.07, 6.45) is -2.93. The summed E-state index contributed by atoms with van der Waals surface area (Å²) in [5.74, 6) is -1.03. The van der Waals surface area contributed by atoms with E-state index in [-0.39, 0.29) is 17.2 Å². The van der Waals surface area contributed by atoms with Crippen molar-refractivity contribution >= 4 is 17.2 Å². The third-order valence-electron chi connectivity index (χ3n) is 3.34.